The predicted octanol–water partition coefficient (Wildman–Crippen LogP) is 1.81. The topological polar surface area (TPSA) is 39.4 Å². The molecule has 0 unspecified atom stereocenters. The molecule has 0 atom stereocenters. The average molecular weight is 242 g/mol. The van der Waals surface area contributed by atoms with Gasteiger partial charge in [-0.15, -0.1) is 0 Å². The lowest BCUT2D eigenvalue weighted by atomic mass is 10.6. The summed E-state index contributed by atoms with van der Waals surface area (Å²) < 4.78 is 7.83. The number of hydrogen-bond acceptors (Lipinski definition) is 3. The third kappa shape index (κ3) is 1.29. The summed E-state index contributed by atoms with van der Waals surface area (Å²) in [6, 6.07) is 0. The number of aromatic nitrogens is 3. The summed E-state index contributed by atoms with van der Waals surface area (Å²) in [5.41, 5.74) is 1.75. The molecule has 0 amide bonds. The van der Waals surface area contributed by atoms with E-state index in [1.165, 1.54) is 0 Å². The van der Waals surface area contributed by atoms with Crippen LogP contribution in [0.3, 0.4) is 0 Å². The smallest absolute Gasteiger partial charge is 0.230 e. The summed E-state index contributed by atoms with van der Waals surface area (Å²) in [6.45, 7) is 1.93. The molecule has 0 aromatic carbocycles. The molecule has 0 aliphatic rings. The van der Waals surface area contributed by atoms with E-state index < -0.39 is 0 Å². The van der Waals surface area contributed by atoms with Crippen LogP contribution in [0.1, 0.15) is 5.69 Å². The largest absolute Gasteiger partial charge is 0.480 e. The molecule has 0 radical (unpaired) electrons. The second-order valence-corrected chi connectivity index (χ2v) is 3.40. The number of hydrogen-bond donors (Lipinski definition) is 0. The highest BCUT2D eigenvalue weighted by atomic mass is 79.9. The van der Waals surface area contributed by atoms with E-state index in [9.17, 15) is 0 Å². The van der Waals surface area contributed by atoms with Crippen molar-refractivity contribution < 1.29 is 4.74 Å². The zero-order valence-electron chi connectivity index (χ0n) is 7.28. The van der Waals surface area contributed by atoms with E-state index in [-0.39, 0.29) is 0 Å². The maximum absolute atomic E-state index is 5.01. The summed E-state index contributed by atoms with van der Waals surface area (Å²) in [6.07, 6.45) is 3.47. The zero-order valence-corrected chi connectivity index (χ0v) is 8.87. The van der Waals surface area contributed by atoms with Crippen LogP contribution in [0.5, 0.6) is 5.88 Å². The first-order valence-corrected chi connectivity index (χ1v) is 4.56. The number of imidazole rings is 1. The van der Waals surface area contributed by atoms with Gasteiger partial charge in [0.2, 0.25) is 5.88 Å². The SMILES string of the molecule is COc1cn2c(Br)c(C)nc2cn1. The Balaban J connectivity index is 2.75. The Labute approximate surface area is 83.7 Å². The molecule has 2 rings (SSSR count). The molecule has 0 saturated heterocycles. The van der Waals surface area contributed by atoms with Crippen LogP contribution >= 0.6 is 15.9 Å². The van der Waals surface area contributed by atoms with Crippen molar-refractivity contribution in [2.24, 2.45) is 0 Å². The van der Waals surface area contributed by atoms with E-state index >= 15 is 0 Å². The van der Waals surface area contributed by atoms with E-state index in [2.05, 4.69) is 25.9 Å². The second kappa shape index (κ2) is 2.99. The highest BCUT2D eigenvalue weighted by Gasteiger charge is 2.06. The van der Waals surface area contributed by atoms with Gasteiger partial charge < -0.3 is 4.74 Å². The maximum atomic E-state index is 5.01. The van der Waals surface area contributed by atoms with Crippen LogP contribution in [0, 0.1) is 6.92 Å². The molecule has 0 saturated carbocycles. The standard InChI is InChI=1S/C8H8BrN3O/c1-5-8(9)12-4-7(13-2)10-3-6(12)11-5/h3-4H,1-2H3. The first kappa shape index (κ1) is 8.50. The molecule has 4 nitrogen and oxygen atoms in total. The minimum Gasteiger partial charge on any atom is -0.480 e. The monoisotopic (exact) mass is 241 g/mol. The van der Waals surface area contributed by atoms with Gasteiger partial charge in [0.1, 0.15) is 4.60 Å². The zero-order chi connectivity index (χ0) is 9.42. The molecule has 2 aromatic rings. The number of aryl methyl sites for hydroxylation is 1. The minimum absolute atomic E-state index is 0.575. The van der Waals surface area contributed by atoms with Crippen molar-refractivity contribution >= 4 is 21.6 Å². The molecular formula is C8H8BrN3O. The summed E-state index contributed by atoms with van der Waals surface area (Å²) in [5, 5.41) is 0. The van der Waals surface area contributed by atoms with E-state index in [0.717, 1.165) is 15.9 Å². The van der Waals surface area contributed by atoms with E-state index in [1.807, 2.05) is 11.3 Å². The minimum atomic E-state index is 0.575. The Morgan fingerprint density at radius 2 is 2.31 bits per heavy atom. The normalized spacial score (nSPS) is 10.7. The number of halogens is 1. The van der Waals surface area contributed by atoms with Crippen molar-refractivity contribution in [3.63, 3.8) is 0 Å². The van der Waals surface area contributed by atoms with Gasteiger partial charge in [0.05, 0.1) is 25.2 Å². The molecule has 0 spiro atoms. The van der Waals surface area contributed by atoms with Crippen LogP contribution in [0.25, 0.3) is 5.65 Å². The van der Waals surface area contributed by atoms with Gasteiger partial charge in [-0.1, -0.05) is 0 Å². The lowest BCUT2D eigenvalue weighted by Gasteiger charge is -1.99. The molecule has 5 heteroatoms. The number of methoxy groups -OCH3 is 1. The van der Waals surface area contributed by atoms with Crippen molar-refractivity contribution in [1.82, 2.24) is 14.4 Å². The van der Waals surface area contributed by atoms with E-state index in [0.29, 0.717) is 5.88 Å². The van der Waals surface area contributed by atoms with Gasteiger partial charge in [-0.25, -0.2) is 9.97 Å². The van der Waals surface area contributed by atoms with Crippen molar-refractivity contribution in [2.45, 2.75) is 6.92 Å². The molecule has 0 N–H and O–H groups in total. The molecule has 2 aromatic heterocycles. The summed E-state index contributed by atoms with van der Waals surface area (Å²) >= 11 is 3.43. The molecule has 2 heterocycles. The maximum Gasteiger partial charge on any atom is 0.230 e. The summed E-state index contributed by atoms with van der Waals surface area (Å²) in [4.78, 5) is 8.34. The highest BCUT2D eigenvalue weighted by Crippen LogP contribution is 2.19. The summed E-state index contributed by atoms with van der Waals surface area (Å²) in [5.74, 6) is 0.575. The Bertz CT molecular complexity index is 452. The van der Waals surface area contributed by atoms with Crippen LogP contribution in [0.15, 0.2) is 17.0 Å². The lowest BCUT2D eigenvalue weighted by molar-refractivity contribution is 0.395. The van der Waals surface area contributed by atoms with Crippen LogP contribution in [0.2, 0.25) is 0 Å². The van der Waals surface area contributed by atoms with Gasteiger partial charge in [0, 0.05) is 0 Å². The van der Waals surface area contributed by atoms with Gasteiger partial charge in [-0.05, 0) is 22.9 Å². The molecule has 0 aliphatic heterocycles. The Morgan fingerprint density at radius 1 is 1.54 bits per heavy atom. The van der Waals surface area contributed by atoms with Gasteiger partial charge in [0.25, 0.3) is 0 Å². The highest BCUT2D eigenvalue weighted by molar-refractivity contribution is 9.10. The van der Waals surface area contributed by atoms with Crippen molar-refractivity contribution in [3.05, 3.63) is 22.7 Å². The molecule has 13 heavy (non-hydrogen) atoms. The van der Waals surface area contributed by atoms with Crippen molar-refractivity contribution in [3.8, 4) is 5.88 Å². The number of rotatable bonds is 1. The van der Waals surface area contributed by atoms with Crippen LogP contribution in [-0.4, -0.2) is 21.5 Å². The van der Waals surface area contributed by atoms with Crippen LogP contribution in [0.4, 0.5) is 0 Å². The molecule has 68 valence electrons. The quantitative estimate of drug-likeness (QED) is 0.765. The summed E-state index contributed by atoms with van der Waals surface area (Å²) in [7, 11) is 1.59. The Morgan fingerprint density at radius 3 is 3.00 bits per heavy atom. The number of ether oxygens (including phenoxy) is 1. The van der Waals surface area contributed by atoms with Crippen LogP contribution in [-0.2, 0) is 0 Å². The first-order chi connectivity index (χ1) is 6.22. The predicted molar refractivity (Wildman–Crippen MR) is 52.0 cm³/mol. The fourth-order valence-electron chi connectivity index (χ4n) is 1.13. The third-order valence-corrected chi connectivity index (χ3v) is 2.75. The second-order valence-electron chi connectivity index (χ2n) is 2.65. The third-order valence-electron chi connectivity index (χ3n) is 1.80. The average Bonchev–Trinajstić information content (AvgIpc) is 2.43. The first-order valence-electron chi connectivity index (χ1n) is 3.76. The molecule has 0 fully saturated rings. The number of nitrogens with zero attached hydrogens (tertiary/aromatic N) is 3. The van der Waals surface area contributed by atoms with Gasteiger partial charge >= 0.3 is 0 Å². The fourth-order valence-corrected chi connectivity index (χ4v) is 1.50. The van der Waals surface area contributed by atoms with Crippen molar-refractivity contribution in [2.75, 3.05) is 7.11 Å². The fraction of sp³-hybridized carbons (Fsp3) is 0.250. The van der Waals surface area contributed by atoms with Gasteiger partial charge in [-0.3, -0.25) is 4.40 Å². The Kier molecular flexibility index (Phi) is 1.95. The van der Waals surface area contributed by atoms with Gasteiger partial charge in [-0.2, -0.15) is 0 Å². The van der Waals surface area contributed by atoms with E-state index in [4.69, 9.17) is 4.74 Å². The molecular weight excluding hydrogens is 234 g/mol. The lowest BCUT2D eigenvalue weighted by Crippen LogP contribution is -1.92. The number of fused-ring (bicyclic) bond motifs is 1. The van der Waals surface area contributed by atoms with Gasteiger partial charge in [0.15, 0.2) is 5.65 Å². The van der Waals surface area contributed by atoms with Crippen molar-refractivity contribution in [1.29, 1.82) is 0 Å². The molecule has 0 aliphatic carbocycles. The van der Waals surface area contributed by atoms with Crippen LogP contribution < -0.4 is 4.74 Å². The van der Waals surface area contributed by atoms with E-state index in [1.54, 1.807) is 19.5 Å². The Hall–Kier alpha value is -1.10. The molecule has 0 bridgehead atoms.